The van der Waals surface area contributed by atoms with E-state index < -0.39 is 0 Å². The fourth-order valence-electron chi connectivity index (χ4n) is 1.42. The molecular formula is C12H13NS. The van der Waals surface area contributed by atoms with E-state index in [0.29, 0.717) is 0 Å². The van der Waals surface area contributed by atoms with E-state index in [4.69, 9.17) is 0 Å². The summed E-state index contributed by atoms with van der Waals surface area (Å²) in [6.45, 7) is 0.974. The van der Waals surface area contributed by atoms with Gasteiger partial charge in [0.1, 0.15) is 0 Å². The van der Waals surface area contributed by atoms with Crippen LogP contribution in [0.2, 0.25) is 0 Å². The van der Waals surface area contributed by atoms with Crippen LogP contribution in [-0.2, 0) is 6.54 Å². The molecule has 0 saturated heterocycles. The third-order valence-corrected chi connectivity index (χ3v) is 3.13. The predicted molar refractivity (Wildman–Crippen MR) is 62.9 cm³/mol. The number of rotatable bonds is 3. The molecule has 0 spiro atoms. The smallest absolute Gasteiger partial charge is 0.0908 e. The molecule has 2 rings (SSSR count). The van der Waals surface area contributed by atoms with Gasteiger partial charge < -0.3 is 4.90 Å². The first-order chi connectivity index (χ1) is 6.86. The van der Waals surface area contributed by atoms with Crippen LogP contribution < -0.4 is 4.90 Å². The lowest BCUT2D eigenvalue weighted by atomic mass is 10.2. The molecule has 2 aromatic rings. The van der Waals surface area contributed by atoms with Crippen LogP contribution in [0.25, 0.3) is 0 Å². The van der Waals surface area contributed by atoms with Crippen molar-refractivity contribution < 1.29 is 0 Å². The van der Waals surface area contributed by atoms with E-state index >= 15 is 0 Å². The van der Waals surface area contributed by atoms with Crippen molar-refractivity contribution in [1.29, 1.82) is 0 Å². The molecule has 0 aliphatic carbocycles. The Morgan fingerprint density at radius 1 is 1.07 bits per heavy atom. The van der Waals surface area contributed by atoms with Crippen LogP contribution >= 0.6 is 11.3 Å². The summed E-state index contributed by atoms with van der Waals surface area (Å²) < 4.78 is 0. The van der Waals surface area contributed by atoms with Gasteiger partial charge in [0.2, 0.25) is 0 Å². The largest absolute Gasteiger partial charge is 0.362 e. The van der Waals surface area contributed by atoms with Crippen LogP contribution in [0.1, 0.15) is 5.56 Å². The molecule has 0 saturated carbocycles. The maximum atomic E-state index is 2.26. The molecule has 72 valence electrons. The zero-order chi connectivity index (χ0) is 9.80. The highest BCUT2D eigenvalue weighted by atomic mass is 32.1. The molecule has 0 aliphatic heterocycles. The fraction of sp³-hybridized carbons (Fsp3) is 0.167. The molecule has 0 N–H and O–H groups in total. The first kappa shape index (κ1) is 9.28. The van der Waals surface area contributed by atoms with Gasteiger partial charge in [0.15, 0.2) is 0 Å². The number of hydrogen-bond acceptors (Lipinski definition) is 2. The van der Waals surface area contributed by atoms with E-state index in [1.165, 1.54) is 10.6 Å². The minimum atomic E-state index is 0.974. The lowest BCUT2D eigenvalue weighted by molar-refractivity contribution is 0.935. The molecule has 0 fully saturated rings. The van der Waals surface area contributed by atoms with E-state index in [2.05, 4.69) is 59.8 Å². The van der Waals surface area contributed by atoms with Crippen LogP contribution in [-0.4, -0.2) is 7.05 Å². The Balaban J connectivity index is 2.06. The molecule has 0 aliphatic rings. The lowest BCUT2D eigenvalue weighted by Gasteiger charge is -2.16. The van der Waals surface area contributed by atoms with Gasteiger partial charge in [0.25, 0.3) is 0 Å². The van der Waals surface area contributed by atoms with E-state index in [1.54, 1.807) is 11.3 Å². The minimum absolute atomic E-state index is 0.974. The third kappa shape index (κ3) is 2.15. The van der Waals surface area contributed by atoms with Gasteiger partial charge in [-0.05, 0) is 23.1 Å². The molecule has 0 atom stereocenters. The fourth-order valence-corrected chi connectivity index (χ4v) is 2.12. The van der Waals surface area contributed by atoms with Crippen LogP contribution in [0.15, 0.2) is 47.8 Å². The minimum Gasteiger partial charge on any atom is -0.362 e. The summed E-state index contributed by atoms with van der Waals surface area (Å²) in [7, 11) is 2.12. The van der Waals surface area contributed by atoms with Gasteiger partial charge in [0, 0.05) is 13.6 Å². The van der Waals surface area contributed by atoms with Crippen LogP contribution in [0.5, 0.6) is 0 Å². The predicted octanol–water partition coefficient (Wildman–Crippen LogP) is 3.38. The molecule has 1 aromatic carbocycles. The maximum Gasteiger partial charge on any atom is 0.0908 e. The first-order valence-corrected chi connectivity index (χ1v) is 5.53. The Kier molecular flexibility index (Phi) is 2.84. The normalized spacial score (nSPS) is 10.1. The Labute approximate surface area is 88.6 Å². The quantitative estimate of drug-likeness (QED) is 0.739. The molecule has 1 aromatic heterocycles. The van der Waals surface area contributed by atoms with Gasteiger partial charge in [-0.1, -0.05) is 30.3 Å². The summed E-state index contributed by atoms with van der Waals surface area (Å²) in [4.78, 5) is 2.26. The summed E-state index contributed by atoms with van der Waals surface area (Å²) in [6.07, 6.45) is 0. The monoisotopic (exact) mass is 203 g/mol. The molecule has 2 heteroatoms. The number of benzene rings is 1. The Morgan fingerprint density at radius 2 is 1.86 bits per heavy atom. The Hall–Kier alpha value is -1.28. The summed E-state index contributed by atoms with van der Waals surface area (Å²) >= 11 is 1.78. The topological polar surface area (TPSA) is 3.24 Å². The maximum absolute atomic E-state index is 2.26. The third-order valence-electron chi connectivity index (χ3n) is 2.14. The van der Waals surface area contributed by atoms with E-state index in [1.807, 2.05) is 0 Å². The zero-order valence-corrected chi connectivity index (χ0v) is 9.00. The molecular weight excluding hydrogens is 190 g/mol. The van der Waals surface area contributed by atoms with Crippen molar-refractivity contribution in [3.63, 3.8) is 0 Å². The number of thiophene rings is 1. The second-order valence-electron chi connectivity index (χ2n) is 3.29. The van der Waals surface area contributed by atoms with Crippen LogP contribution in [0, 0.1) is 0 Å². The second kappa shape index (κ2) is 4.29. The number of nitrogens with zero attached hydrogens (tertiary/aromatic N) is 1. The molecule has 1 heterocycles. The van der Waals surface area contributed by atoms with Gasteiger partial charge in [-0.25, -0.2) is 0 Å². The SMILES string of the molecule is CN(Cc1ccccc1)c1cccs1. The number of anilines is 1. The van der Waals surface area contributed by atoms with Gasteiger partial charge in [-0.3, -0.25) is 0 Å². The molecule has 0 radical (unpaired) electrons. The molecule has 0 unspecified atom stereocenters. The van der Waals surface area contributed by atoms with E-state index in [0.717, 1.165) is 6.54 Å². The van der Waals surface area contributed by atoms with Crippen molar-refractivity contribution in [2.24, 2.45) is 0 Å². The van der Waals surface area contributed by atoms with E-state index in [9.17, 15) is 0 Å². The van der Waals surface area contributed by atoms with Gasteiger partial charge >= 0.3 is 0 Å². The standard InChI is InChI=1S/C12H13NS/c1-13(12-8-5-9-14-12)10-11-6-3-2-4-7-11/h2-9H,10H2,1H3. The van der Waals surface area contributed by atoms with Crippen molar-refractivity contribution in [2.45, 2.75) is 6.54 Å². The highest BCUT2D eigenvalue weighted by Crippen LogP contribution is 2.21. The van der Waals surface area contributed by atoms with Crippen molar-refractivity contribution in [2.75, 3.05) is 11.9 Å². The average molecular weight is 203 g/mol. The van der Waals surface area contributed by atoms with Crippen LogP contribution in [0.3, 0.4) is 0 Å². The van der Waals surface area contributed by atoms with E-state index in [-0.39, 0.29) is 0 Å². The van der Waals surface area contributed by atoms with Gasteiger partial charge in [-0.15, -0.1) is 11.3 Å². The summed E-state index contributed by atoms with van der Waals surface area (Å²) in [5.74, 6) is 0. The molecule has 0 bridgehead atoms. The van der Waals surface area contributed by atoms with Gasteiger partial charge in [0.05, 0.1) is 5.00 Å². The van der Waals surface area contributed by atoms with Crippen molar-refractivity contribution >= 4 is 16.3 Å². The average Bonchev–Trinajstić information content (AvgIpc) is 2.72. The van der Waals surface area contributed by atoms with Crippen molar-refractivity contribution in [3.8, 4) is 0 Å². The first-order valence-electron chi connectivity index (χ1n) is 4.65. The zero-order valence-electron chi connectivity index (χ0n) is 8.18. The highest BCUT2D eigenvalue weighted by molar-refractivity contribution is 7.14. The summed E-state index contributed by atoms with van der Waals surface area (Å²) in [5, 5.41) is 3.42. The lowest BCUT2D eigenvalue weighted by Crippen LogP contribution is -2.14. The van der Waals surface area contributed by atoms with Crippen molar-refractivity contribution in [1.82, 2.24) is 0 Å². The molecule has 14 heavy (non-hydrogen) atoms. The van der Waals surface area contributed by atoms with Crippen molar-refractivity contribution in [3.05, 3.63) is 53.4 Å². The second-order valence-corrected chi connectivity index (χ2v) is 4.22. The van der Waals surface area contributed by atoms with Gasteiger partial charge in [-0.2, -0.15) is 0 Å². The Bertz CT molecular complexity index is 366. The summed E-state index contributed by atoms with van der Waals surface area (Å²) in [6, 6.07) is 14.8. The molecule has 0 amide bonds. The number of hydrogen-bond donors (Lipinski definition) is 0. The van der Waals surface area contributed by atoms with Crippen LogP contribution in [0.4, 0.5) is 5.00 Å². The highest BCUT2D eigenvalue weighted by Gasteiger charge is 2.01. The Morgan fingerprint density at radius 3 is 2.50 bits per heavy atom. The molecule has 1 nitrogen and oxygen atoms in total. The summed E-state index contributed by atoms with van der Waals surface area (Å²) in [5.41, 5.74) is 1.35.